The van der Waals surface area contributed by atoms with Crippen LogP contribution in [0.25, 0.3) is 0 Å². The zero-order valence-corrected chi connectivity index (χ0v) is 17.1. The van der Waals surface area contributed by atoms with Crippen LogP contribution in [0.2, 0.25) is 0 Å². The number of aliphatic imine (C=N–C) groups is 1. The second-order valence-electron chi connectivity index (χ2n) is 7.21. The van der Waals surface area contributed by atoms with E-state index in [1.807, 2.05) is 18.3 Å². The normalized spacial score (nSPS) is 11.2. The molecule has 0 spiro atoms. The summed E-state index contributed by atoms with van der Waals surface area (Å²) in [6.45, 7) is 5.22. The van der Waals surface area contributed by atoms with Gasteiger partial charge in [-0.25, -0.2) is 0 Å². The van der Waals surface area contributed by atoms with Gasteiger partial charge in [0.1, 0.15) is 5.75 Å². The van der Waals surface area contributed by atoms with Crippen LogP contribution < -0.4 is 4.74 Å². The van der Waals surface area contributed by atoms with E-state index in [0.29, 0.717) is 0 Å². The number of benzene rings is 2. The third-order valence-corrected chi connectivity index (χ3v) is 4.76. The number of unbranched alkanes of at least 4 members (excludes halogenated alkanes) is 6. The minimum atomic E-state index is 0.787. The summed E-state index contributed by atoms with van der Waals surface area (Å²) >= 11 is 0. The Morgan fingerprint density at radius 1 is 0.741 bits per heavy atom. The van der Waals surface area contributed by atoms with Gasteiger partial charge in [0.25, 0.3) is 0 Å². The van der Waals surface area contributed by atoms with E-state index in [0.717, 1.165) is 36.4 Å². The lowest BCUT2D eigenvalue weighted by atomic mass is 10.0. The van der Waals surface area contributed by atoms with Crippen molar-refractivity contribution >= 4 is 11.9 Å². The van der Waals surface area contributed by atoms with E-state index in [4.69, 9.17) is 4.74 Å². The van der Waals surface area contributed by atoms with E-state index in [1.165, 1.54) is 50.5 Å². The highest BCUT2D eigenvalue weighted by atomic mass is 16.5. The molecule has 0 radical (unpaired) electrons. The van der Waals surface area contributed by atoms with Crippen LogP contribution in [0.1, 0.15) is 76.3 Å². The topological polar surface area (TPSA) is 21.6 Å². The van der Waals surface area contributed by atoms with Gasteiger partial charge in [0.2, 0.25) is 0 Å². The molecule has 0 aliphatic heterocycles. The molecule has 0 bridgehead atoms. The fourth-order valence-corrected chi connectivity index (χ4v) is 2.99. The standard InChI is InChI=1S/C25H35NO/c1-3-5-7-8-9-10-11-22-12-16-24(17-13-22)26-21-23-14-18-25(19-15-23)27-20-6-4-2/h12-19,21H,3-11,20H2,1-2H3. The van der Waals surface area contributed by atoms with Crippen LogP contribution in [0.4, 0.5) is 5.69 Å². The molecule has 2 nitrogen and oxygen atoms in total. The molecule has 0 saturated heterocycles. The molecule has 0 atom stereocenters. The average molecular weight is 366 g/mol. The van der Waals surface area contributed by atoms with E-state index in [9.17, 15) is 0 Å². The van der Waals surface area contributed by atoms with Crippen molar-refractivity contribution in [1.29, 1.82) is 0 Å². The van der Waals surface area contributed by atoms with Gasteiger partial charge in [-0.15, -0.1) is 0 Å². The Morgan fingerprint density at radius 3 is 2.11 bits per heavy atom. The maximum Gasteiger partial charge on any atom is 0.119 e. The zero-order chi connectivity index (χ0) is 19.2. The zero-order valence-electron chi connectivity index (χ0n) is 17.1. The molecule has 2 aromatic rings. The summed E-state index contributed by atoms with van der Waals surface area (Å²) in [7, 11) is 0. The summed E-state index contributed by atoms with van der Waals surface area (Å²) < 4.78 is 5.69. The van der Waals surface area contributed by atoms with E-state index in [1.54, 1.807) is 0 Å². The average Bonchev–Trinajstić information content (AvgIpc) is 2.71. The quantitative estimate of drug-likeness (QED) is 0.266. The maximum atomic E-state index is 5.69. The summed E-state index contributed by atoms with van der Waals surface area (Å²) in [4.78, 5) is 4.59. The first kappa shape index (κ1) is 21.2. The lowest BCUT2D eigenvalue weighted by Crippen LogP contribution is -1.96. The van der Waals surface area contributed by atoms with Crippen LogP contribution in [0.5, 0.6) is 5.75 Å². The number of rotatable bonds is 13. The fraction of sp³-hybridized carbons (Fsp3) is 0.480. The van der Waals surface area contributed by atoms with Gasteiger partial charge < -0.3 is 4.74 Å². The smallest absolute Gasteiger partial charge is 0.119 e. The predicted octanol–water partition coefficient (Wildman–Crippen LogP) is 7.52. The molecule has 0 amide bonds. The van der Waals surface area contributed by atoms with Gasteiger partial charge in [-0.05, 0) is 66.8 Å². The van der Waals surface area contributed by atoms with Crippen molar-refractivity contribution in [3.05, 3.63) is 59.7 Å². The van der Waals surface area contributed by atoms with E-state index >= 15 is 0 Å². The van der Waals surface area contributed by atoms with Gasteiger partial charge >= 0.3 is 0 Å². The Hall–Kier alpha value is -2.09. The maximum absolute atomic E-state index is 5.69. The van der Waals surface area contributed by atoms with Crippen molar-refractivity contribution in [2.45, 2.75) is 71.6 Å². The van der Waals surface area contributed by atoms with E-state index in [-0.39, 0.29) is 0 Å². The Morgan fingerprint density at radius 2 is 1.41 bits per heavy atom. The first-order valence-electron chi connectivity index (χ1n) is 10.7. The van der Waals surface area contributed by atoms with Gasteiger partial charge in [-0.2, -0.15) is 0 Å². The third kappa shape index (κ3) is 8.90. The molecule has 2 aromatic carbocycles. The van der Waals surface area contributed by atoms with Crippen LogP contribution in [0, 0.1) is 0 Å². The molecule has 0 heterocycles. The van der Waals surface area contributed by atoms with E-state index in [2.05, 4.69) is 55.2 Å². The van der Waals surface area contributed by atoms with E-state index < -0.39 is 0 Å². The first-order valence-corrected chi connectivity index (χ1v) is 10.7. The number of ether oxygens (including phenoxy) is 1. The van der Waals surface area contributed by atoms with Crippen molar-refractivity contribution in [1.82, 2.24) is 0 Å². The molecule has 0 aliphatic carbocycles. The van der Waals surface area contributed by atoms with Crippen LogP contribution in [-0.4, -0.2) is 12.8 Å². The van der Waals surface area contributed by atoms with Gasteiger partial charge in [-0.3, -0.25) is 4.99 Å². The molecular formula is C25H35NO. The Labute approximate surface area is 165 Å². The molecular weight excluding hydrogens is 330 g/mol. The largest absolute Gasteiger partial charge is 0.494 e. The fourth-order valence-electron chi connectivity index (χ4n) is 2.99. The Balaban J connectivity index is 1.74. The molecule has 2 heteroatoms. The highest BCUT2D eigenvalue weighted by Crippen LogP contribution is 2.17. The molecule has 0 aromatic heterocycles. The van der Waals surface area contributed by atoms with Crippen molar-refractivity contribution in [2.75, 3.05) is 6.61 Å². The minimum Gasteiger partial charge on any atom is -0.494 e. The first-order chi connectivity index (χ1) is 13.3. The van der Waals surface area contributed by atoms with Gasteiger partial charge in [0.15, 0.2) is 0 Å². The summed E-state index contributed by atoms with van der Waals surface area (Å²) in [5.74, 6) is 0.930. The van der Waals surface area contributed by atoms with Crippen molar-refractivity contribution in [3.63, 3.8) is 0 Å². The van der Waals surface area contributed by atoms with Gasteiger partial charge in [0.05, 0.1) is 12.3 Å². The summed E-state index contributed by atoms with van der Waals surface area (Å²) in [5.41, 5.74) is 3.51. The summed E-state index contributed by atoms with van der Waals surface area (Å²) in [5, 5.41) is 0. The van der Waals surface area contributed by atoms with Crippen molar-refractivity contribution in [2.24, 2.45) is 4.99 Å². The van der Waals surface area contributed by atoms with Crippen LogP contribution in [0.3, 0.4) is 0 Å². The number of hydrogen-bond acceptors (Lipinski definition) is 2. The van der Waals surface area contributed by atoms with Crippen LogP contribution in [0.15, 0.2) is 53.5 Å². The molecule has 2 rings (SSSR count). The monoisotopic (exact) mass is 365 g/mol. The predicted molar refractivity (Wildman–Crippen MR) is 118 cm³/mol. The molecule has 0 unspecified atom stereocenters. The number of hydrogen-bond donors (Lipinski definition) is 0. The SMILES string of the molecule is CCCCCCCCc1ccc(N=Cc2ccc(OCCCC)cc2)cc1. The second kappa shape index (κ2) is 13.1. The molecule has 0 saturated carbocycles. The summed E-state index contributed by atoms with van der Waals surface area (Å²) in [6, 6.07) is 16.8. The van der Waals surface area contributed by atoms with Crippen molar-refractivity contribution < 1.29 is 4.74 Å². The number of aryl methyl sites for hydroxylation is 1. The van der Waals surface area contributed by atoms with Crippen molar-refractivity contribution in [3.8, 4) is 5.75 Å². The van der Waals surface area contributed by atoms with Crippen LogP contribution in [-0.2, 0) is 6.42 Å². The lowest BCUT2D eigenvalue weighted by Gasteiger charge is -2.05. The lowest BCUT2D eigenvalue weighted by molar-refractivity contribution is 0.309. The Bertz CT molecular complexity index is 643. The highest BCUT2D eigenvalue weighted by Gasteiger charge is 1.96. The second-order valence-corrected chi connectivity index (χ2v) is 7.21. The molecule has 146 valence electrons. The van der Waals surface area contributed by atoms with Crippen LogP contribution >= 0.6 is 0 Å². The summed E-state index contributed by atoms with van der Waals surface area (Å²) in [6.07, 6.45) is 13.4. The third-order valence-electron chi connectivity index (χ3n) is 4.76. The molecule has 0 N–H and O–H groups in total. The number of nitrogens with zero attached hydrogens (tertiary/aromatic N) is 1. The highest BCUT2D eigenvalue weighted by molar-refractivity contribution is 5.82. The van der Waals surface area contributed by atoms with Gasteiger partial charge in [0, 0.05) is 6.21 Å². The van der Waals surface area contributed by atoms with Gasteiger partial charge in [-0.1, -0.05) is 64.5 Å². The minimum absolute atomic E-state index is 0.787. The molecule has 0 fully saturated rings. The molecule has 27 heavy (non-hydrogen) atoms. The Kier molecular flexibility index (Phi) is 10.3. The molecule has 0 aliphatic rings.